The number of hydrogen-bond donors (Lipinski definition) is 1. The zero-order valence-corrected chi connectivity index (χ0v) is 19.8. The van der Waals surface area contributed by atoms with Crippen molar-refractivity contribution >= 4 is 49.2 Å². The average molecular weight is 485 g/mol. The van der Waals surface area contributed by atoms with E-state index in [-0.39, 0.29) is 6.42 Å². The fourth-order valence-electron chi connectivity index (χ4n) is 3.97. The van der Waals surface area contributed by atoms with E-state index in [1.165, 1.54) is 0 Å². The Balaban J connectivity index is 1.43. The molecule has 0 aliphatic rings. The molecule has 33 heavy (non-hydrogen) atoms. The Kier molecular flexibility index (Phi) is 6.91. The molecule has 1 amide bonds. The van der Waals surface area contributed by atoms with Crippen molar-refractivity contribution in [2.75, 3.05) is 12.9 Å². The van der Waals surface area contributed by atoms with Gasteiger partial charge in [-0.2, -0.15) is 0 Å². The van der Waals surface area contributed by atoms with Crippen LogP contribution in [0.4, 0.5) is 0 Å². The second-order valence-electron chi connectivity index (χ2n) is 7.99. The molecule has 0 saturated heterocycles. The molecular weight excluding hydrogens is 460 g/mol. The standard InChI is InChI=1S/C25H25ClN2O4S/c1-33(30,31)27-25(29)13-14-28-17-19(21-12-11-20(26)16-23(21)28)8-5-15-32-24-10-4-7-18-6-2-3-9-22(18)24/h2-4,6-7,9-12,16-17H,5,8,13-15H2,1H3,(H,27,29). The van der Waals surface area contributed by atoms with Gasteiger partial charge in [0.05, 0.1) is 12.9 Å². The highest BCUT2D eigenvalue weighted by molar-refractivity contribution is 7.89. The highest BCUT2D eigenvalue weighted by Gasteiger charge is 2.13. The van der Waals surface area contributed by atoms with Crippen molar-refractivity contribution < 1.29 is 17.9 Å². The number of hydrogen-bond acceptors (Lipinski definition) is 4. The van der Waals surface area contributed by atoms with Crippen LogP contribution < -0.4 is 9.46 Å². The number of rotatable bonds is 9. The largest absolute Gasteiger partial charge is 0.493 e. The number of ether oxygens (including phenoxy) is 1. The number of carbonyl (C=O) groups is 1. The van der Waals surface area contributed by atoms with Crippen LogP contribution in [0.5, 0.6) is 5.75 Å². The molecule has 0 fully saturated rings. The van der Waals surface area contributed by atoms with Crippen LogP contribution in [0.3, 0.4) is 0 Å². The number of halogens is 1. The minimum atomic E-state index is -3.57. The molecular formula is C25H25ClN2O4S. The van der Waals surface area contributed by atoms with Gasteiger partial charge in [-0.15, -0.1) is 0 Å². The van der Waals surface area contributed by atoms with Gasteiger partial charge in [-0.05, 0) is 42.0 Å². The van der Waals surface area contributed by atoms with E-state index in [2.05, 4.69) is 18.2 Å². The maximum absolute atomic E-state index is 11.9. The summed E-state index contributed by atoms with van der Waals surface area (Å²) in [5, 5.41) is 3.91. The van der Waals surface area contributed by atoms with E-state index in [0.717, 1.165) is 52.1 Å². The lowest BCUT2D eigenvalue weighted by molar-refractivity contribution is -0.119. The summed E-state index contributed by atoms with van der Waals surface area (Å²) < 4.78 is 32.6. The Hall–Kier alpha value is -3.03. The van der Waals surface area contributed by atoms with E-state index in [0.29, 0.717) is 18.2 Å². The molecule has 0 atom stereocenters. The summed E-state index contributed by atoms with van der Waals surface area (Å²) in [6.07, 6.45) is 4.64. The lowest BCUT2D eigenvalue weighted by atomic mass is 10.1. The van der Waals surface area contributed by atoms with Crippen LogP contribution in [-0.4, -0.2) is 31.8 Å². The predicted molar refractivity (Wildman–Crippen MR) is 132 cm³/mol. The van der Waals surface area contributed by atoms with Crippen molar-refractivity contribution in [1.29, 1.82) is 0 Å². The number of nitrogens with zero attached hydrogens (tertiary/aromatic N) is 1. The van der Waals surface area contributed by atoms with Crippen molar-refractivity contribution in [3.63, 3.8) is 0 Å². The second kappa shape index (κ2) is 9.85. The number of nitrogens with one attached hydrogen (secondary N) is 1. The van der Waals surface area contributed by atoms with E-state index in [4.69, 9.17) is 16.3 Å². The third kappa shape index (κ3) is 5.86. The van der Waals surface area contributed by atoms with Gasteiger partial charge in [0.2, 0.25) is 15.9 Å². The summed E-state index contributed by atoms with van der Waals surface area (Å²) in [5.41, 5.74) is 2.05. The molecule has 0 radical (unpaired) electrons. The van der Waals surface area contributed by atoms with Gasteiger partial charge in [0.15, 0.2) is 0 Å². The molecule has 3 aromatic carbocycles. The molecule has 172 valence electrons. The summed E-state index contributed by atoms with van der Waals surface area (Å²) in [5.74, 6) is 0.339. The summed E-state index contributed by atoms with van der Waals surface area (Å²) >= 11 is 6.20. The Labute approximate surface area is 198 Å². The average Bonchev–Trinajstić information content (AvgIpc) is 3.11. The number of sulfonamides is 1. The van der Waals surface area contributed by atoms with Gasteiger partial charge in [0.1, 0.15) is 5.75 Å². The number of aryl methyl sites for hydroxylation is 2. The van der Waals surface area contributed by atoms with Crippen LogP contribution in [-0.2, 0) is 27.8 Å². The minimum absolute atomic E-state index is 0.0486. The molecule has 8 heteroatoms. The maximum atomic E-state index is 11.9. The Morgan fingerprint density at radius 3 is 2.67 bits per heavy atom. The van der Waals surface area contributed by atoms with Gasteiger partial charge in [-0.1, -0.05) is 54.1 Å². The number of aromatic nitrogens is 1. The summed E-state index contributed by atoms with van der Waals surface area (Å²) in [6, 6.07) is 19.9. The molecule has 0 aliphatic heterocycles. The van der Waals surface area contributed by atoms with E-state index in [1.807, 2.05) is 58.0 Å². The van der Waals surface area contributed by atoms with E-state index in [9.17, 15) is 13.2 Å². The molecule has 0 aliphatic carbocycles. The third-order valence-electron chi connectivity index (χ3n) is 5.40. The molecule has 0 spiro atoms. The first-order valence-corrected chi connectivity index (χ1v) is 13.0. The first-order valence-electron chi connectivity index (χ1n) is 10.7. The molecule has 1 heterocycles. The van der Waals surface area contributed by atoms with Crippen LogP contribution in [0.2, 0.25) is 5.02 Å². The van der Waals surface area contributed by atoms with E-state index < -0.39 is 15.9 Å². The lowest BCUT2D eigenvalue weighted by Gasteiger charge is -2.09. The minimum Gasteiger partial charge on any atom is -0.493 e. The summed E-state index contributed by atoms with van der Waals surface area (Å²) in [4.78, 5) is 11.9. The molecule has 1 N–H and O–H groups in total. The van der Waals surface area contributed by atoms with E-state index in [1.54, 1.807) is 0 Å². The third-order valence-corrected chi connectivity index (χ3v) is 6.24. The fraction of sp³-hybridized carbons (Fsp3) is 0.240. The molecule has 4 aromatic rings. The highest BCUT2D eigenvalue weighted by Crippen LogP contribution is 2.27. The molecule has 0 unspecified atom stereocenters. The summed E-state index contributed by atoms with van der Waals surface area (Å²) in [6.45, 7) is 0.926. The molecule has 1 aromatic heterocycles. The molecule has 0 bridgehead atoms. The lowest BCUT2D eigenvalue weighted by Crippen LogP contribution is -2.29. The number of benzene rings is 3. The van der Waals surface area contributed by atoms with Crippen molar-refractivity contribution in [3.05, 3.63) is 77.4 Å². The van der Waals surface area contributed by atoms with Gasteiger partial charge in [-0.25, -0.2) is 8.42 Å². The van der Waals surface area contributed by atoms with Gasteiger partial charge in [-0.3, -0.25) is 9.52 Å². The topological polar surface area (TPSA) is 77.4 Å². The van der Waals surface area contributed by atoms with Crippen LogP contribution in [0, 0.1) is 0 Å². The van der Waals surface area contributed by atoms with Crippen LogP contribution in [0.1, 0.15) is 18.4 Å². The number of fused-ring (bicyclic) bond motifs is 2. The first-order chi connectivity index (χ1) is 15.8. The Bertz CT molecular complexity index is 1410. The first kappa shape index (κ1) is 23.1. The van der Waals surface area contributed by atoms with Gasteiger partial charge in [0, 0.05) is 40.5 Å². The zero-order valence-electron chi connectivity index (χ0n) is 18.3. The maximum Gasteiger partial charge on any atom is 0.235 e. The fourth-order valence-corrected chi connectivity index (χ4v) is 4.65. The molecule has 0 saturated carbocycles. The van der Waals surface area contributed by atoms with Gasteiger partial charge in [0.25, 0.3) is 0 Å². The SMILES string of the molecule is CS(=O)(=O)NC(=O)CCn1cc(CCCOc2cccc3ccccc23)c2ccc(Cl)cc21. The summed E-state index contributed by atoms with van der Waals surface area (Å²) in [7, 11) is -3.57. The van der Waals surface area contributed by atoms with Crippen molar-refractivity contribution in [2.24, 2.45) is 0 Å². The highest BCUT2D eigenvalue weighted by atomic mass is 35.5. The quantitative estimate of drug-likeness (QED) is 0.342. The Morgan fingerprint density at radius 1 is 1.06 bits per heavy atom. The predicted octanol–water partition coefficient (Wildman–Crippen LogP) is 4.93. The second-order valence-corrected chi connectivity index (χ2v) is 10.2. The van der Waals surface area contributed by atoms with Crippen molar-refractivity contribution in [1.82, 2.24) is 9.29 Å². The number of carbonyl (C=O) groups excluding carboxylic acids is 1. The molecule has 6 nitrogen and oxygen atoms in total. The van der Waals surface area contributed by atoms with Crippen LogP contribution in [0.25, 0.3) is 21.7 Å². The number of amides is 1. The molecule has 4 rings (SSSR count). The van der Waals surface area contributed by atoms with Crippen LogP contribution >= 0.6 is 11.6 Å². The van der Waals surface area contributed by atoms with Crippen molar-refractivity contribution in [3.8, 4) is 5.75 Å². The van der Waals surface area contributed by atoms with E-state index >= 15 is 0 Å². The van der Waals surface area contributed by atoms with Gasteiger partial charge < -0.3 is 9.30 Å². The van der Waals surface area contributed by atoms with Crippen LogP contribution in [0.15, 0.2) is 66.9 Å². The zero-order chi connectivity index (χ0) is 23.4. The smallest absolute Gasteiger partial charge is 0.235 e. The van der Waals surface area contributed by atoms with Crippen molar-refractivity contribution in [2.45, 2.75) is 25.8 Å². The van der Waals surface area contributed by atoms with Gasteiger partial charge >= 0.3 is 0 Å². The Morgan fingerprint density at radius 2 is 1.85 bits per heavy atom. The monoisotopic (exact) mass is 484 g/mol. The normalized spacial score (nSPS) is 11.7.